The third kappa shape index (κ3) is 45.0. The van der Waals surface area contributed by atoms with Crippen molar-refractivity contribution in [2.75, 3.05) is 0 Å². The van der Waals surface area contributed by atoms with E-state index in [0.29, 0.717) is 0 Å². The zero-order valence-corrected chi connectivity index (χ0v) is 10.7. The van der Waals surface area contributed by atoms with Crippen LogP contribution in [0, 0.1) is 0 Å². The third-order valence-electron chi connectivity index (χ3n) is 0.553. The summed E-state index contributed by atoms with van der Waals surface area (Å²) in [6.07, 6.45) is -0.593. The molecule has 0 aliphatic carbocycles. The molecule has 1 unspecified atom stereocenters. The molecule has 0 aromatic carbocycles. The predicted molar refractivity (Wildman–Crippen MR) is 36.1 cm³/mol. The second-order valence-corrected chi connectivity index (χ2v) is 1.94. The van der Waals surface area contributed by atoms with Crippen molar-refractivity contribution >= 4 is 23.3 Å². The van der Waals surface area contributed by atoms with E-state index in [-0.39, 0.29) is 64.2 Å². The van der Waals surface area contributed by atoms with E-state index in [1.807, 2.05) is 0 Å². The number of hydrogen-bond acceptors (Lipinski definition) is 4. The smallest absolute Gasteiger partial charge is 0.750 e. The summed E-state index contributed by atoms with van der Waals surface area (Å²) in [6, 6.07) is 0. The second kappa shape index (κ2) is 12.6. The monoisotopic (exact) mass is 238 g/mol. The van der Waals surface area contributed by atoms with Gasteiger partial charge in [0.05, 0.1) is 24.2 Å². The molecule has 7 nitrogen and oxygen atoms in total. The molecule has 0 amide bonds. The maximum absolute atomic E-state index is 9.64. The molecule has 0 bridgehead atoms. The van der Waals surface area contributed by atoms with Crippen molar-refractivity contribution in [3.05, 3.63) is 0 Å². The molecule has 0 fully saturated rings. The van der Waals surface area contributed by atoms with E-state index in [2.05, 4.69) is 0 Å². The van der Waals surface area contributed by atoms with Crippen LogP contribution in [0.1, 0.15) is 12.8 Å². The number of hydrogen-bond donors (Lipinski definition) is 3. The molecule has 9 heteroatoms. The van der Waals surface area contributed by atoms with E-state index in [1.165, 1.54) is 0 Å². The molecule has 0 aromatic rings. The summed E-state index contributed by atoms with van der Waals surface area (Å²) in [5.41, 5.74) is 0. The number of rotatable bonds is 3. The fraction of sp³-hybridized carbons (Fsp3) is 0.500. The summed E-state index contributed by atoms with van der Waals surface area (Å²) in [6.45, 7) is 0. The first-order chi connectivity index (χ1) is 5.36. The third-order valence-corrected chi connectivity index (χ3v) is 0.553. The van der Waals surface area contributed by atoms with Gasteiger partial charge in [0.1, 0.15) is 0 Å². The molecule has 0 heterocycles. The van der Waals surface area contributed by atoms with Gasteiger partial charge in [0.25, 0.3) is 0 Å². The first kappa shape index (κ1) is 19.3. The second-order valence-electron chi connectivity index (χ2n) is 1.50. The van der Waals surface area contributed by atoms with Crippen LogP contribution >= 0.6 is 0 Å². The van der Waals surface area contributed by atoms with Crippen LogP contribution < -0.4 is 51.4 Å². The van der Waals surface area contributed by atoms with Gasteiger partial charge in [-0.1, -0.05) is 0 Å². The van der Waals surface area contributed by atoms with Crippen molar-refractivity contribution in [2.24, 2.45) is 0 Å². The summed E-state index contributed by atoms with van der Waals surface area (Å²) in [7, 11) is 0. The molecule has 0 aliphatic rings. The summed E-state index contributed by atoms with van der Waals surface area (Å²) in [4.78, 5) is 19.3. The van der Waals surface area contributed by atoms with Crippen molar-refractivity contribution < 1.29 is 84.5 Å². The maximum atomic E-state index is 9.64. The average molecular weight is 238 g/mol. The van der Waals surface area contributed by atoms with E-state index in [9.17, 15) is 9.59 Å². The minimum Gasteiger partial charge on any atom is -0.750 e. The van der Waals surface area contributed by atoms with Gasteiger partial charge in [-0.2, -0.15) is 0 Å². The topological polar surface area (TPSA) is 135 Å². The number of carbonyl (C=O) groups is 2. The average Bonchev–Trinajstić information content (AvgIpc) is 1.82. The standard InChI is InChI=1S/C4H6O4.K.H2O3S/c5-3(6)1-2-4(7)8;;1-4(2)3/h1-2H2,(H,5,6)(H,7,8);;(H2,1,2,3)/q;+1;/p-1. The van der Waals surface area contributed by atoms with Crippen LogP contribution in [0.2, 0.25) is 0 Å². The van der Waals surface area contributed by atoms with Crippen molar-refractivity contribution in [1.29, 1.82) is 0 Å². The van der Waals surface area contributed by atoms with Gasteiger partial charge in [0.2, 0.25) is 0 Å². The van der Waals surface area contributed by atoms with Gasteiger partial charge in [-0.25, -0.2) is 4.21 Å². The zero-order chi connectivity index (χ0) is 10.1. The molecule has 13 heavy (non-hydrogen) atoms. The molecule has 3 N–H and O–H groups in total. The van der Waals surface area contributed by atoms with Gasteiger partial charge < -0.3 is 19.3 Å². The first-order valence-corrected chi connectivity index (χ1v) is 3.61. The zero-order valence-electron chi connectivity index (χ0n) is 6.80. The molecule has 0 rings (SSSR count). The minimum absolute atomic E-state index is 0. The minimum atomic E-state index is -2.86. The largest absolute Gasteiger partial charge is 1.00 e. The van der Waals surface area contributed by atoms with Crippen molar-refractivity contribution in [1.82, 2.24) is 0 Å². The van der Waals surface area contributed by atoms with Crippen LogP contribution in [-0.4, -0.2) is 35.5 Å². The van der Waals surface area contributed by atoms with Crippen LogP contribution in [0.3, 0.4) is 0 Å². The Balaban J connectivity index is -0.000000173. The van der Waals surface area contributed by atoms with Gasteiger partial charge in [-0.3, -0.25) is 9.59 Å². The van der Waals surface area contributed by atoms with Gasteiger partial charge >= 0.3 is 63.3 Å². The van der Waals surface area contributed by atoms with E-state index >= 15 is 0 Å². The summed E-state index contributed by atoms with van der Waals surface area (Å²) >= 11 is -2.86. The van der Waals surface area contributed by atoms with E-state index in [4.69, 9.17) is 23.5 Å². The Morgan fingerprint density at radius 2 is 1.31 bits per heavy atom. The number of carboxylic acid groups (broad SMARTS) is 2. The van der Waals surface area contributed by atoms with Crippen LogP contribution in [0.4, 0.5) is 0 Å². The Kier molecular flexibility index (Phi) is 18.7. The molecule has 0 saturated heterocycles. The van der Waals surface area contributed by atoms with E-state index in [0.717, 1.165) is 0 Å². The first-order valence-electron chi connectivity index (χ1n) is 2.58. The quantitative estimate of drug-likeness (QED) is 0.340. The molecular weight excluding hydrogens is 231 g/mol. The Hall–Kier alpha value is 0.646. The van der Waals surface area contributed by atoms with Crippen molar-refractivity contribution in [3.63, 3.8) is 0 Å². The van der Waals surface area contributed by atoms with Crippen LogP contribution in [-0.2, 0) is 21.0 Å². The molecule has 0 radical (unpaired) electrons. The normalized spacial score (nSPS) is 10.0. The summed E-state index contributed by atoms with van der Waals surface area (Å²) < 4.78 is 24.1. The van der Waals surface area contributed by atoms with Gasteiger partial charge in [0, 0.05) is 0 Å². The van der Waals surface area contributed by atoms with Gasteiger partial charge in [-0.05, 0) is 0 Å². The predicted octanol–water partition coefficient (Wildman–Crippen LogP) is -3.72. The van der Waals surface area contributed by atoms with Crippen LogP contribution in [0.25, 0.3) is 0 Å². The van der Waals surface area contributed by atoms with Gasteiger partial charge in [-0.15, -0.1) is 0 Å². The molecular formula is C4H7KO7S. The SMILES string of the molecule is O=C(O)CCC(=O)O.O=S([O-])O.[K+]. The van der Waals surface area contributed by atoms with Crippen molar-refractivity contribution in [2.45, 2.75) is 12.8 Å². The Morgan fingerprint density at radius 3 is 1.38 bits per heavy atom. The molecule has 0 spiro atoms. The molecule has 0 saturated carbocycles. The Bertz CT molecular complexity index is 163. The molecule has 1 atom stereocenters. The summed E-state index contributed by atoms with van der Waals surface area (Å²) in [5, 5.41) is 15.8. The summed E-state index contributed by atoms with van der Waals surface area (Å²) in [5.74, 6) is -2.15. The fourth-order valence-electron chi connectivity index (χ4n) is 0.214. The molecule has 72 valence electrons. The Labute approximate surface area is 119 Å². The molecule has 0 aromatic heterocycles. The van der Waals surface area contributed by atoms with E-state index in [1.54, 1.807) is 0 Å². The fourth-order valence-corrected chi connectivity index (χ4v) is 0.214. The van der Waals surface area contributed by atoms with Crippen molar-refractivity contribution in [3.8, 4) is 0 Å². The number of carboxylic acids is 2. The maximum Gasteiger partial charge on any atom is 1.00 e. The van der Waals surface area contributed by atoms with Crippen LogP contribution in [0.15, 0.2) is 0 Å². The van der Waals surface area contributed by atoms with Crippen LogP contribution in [0.5, 0.6) is 0 Å². The van der Waals surface area contributed by atoms with E-state index < -0.39 is 23.3 Å². The number of aliphatic carboxylic acids is 2. The Morgan fingerprint density at radius 1 is 1.15 bits per heavy atom. The molecule has 0 aliphatic heterocycles. The van der Waals surface area contributed by atoms with Gasteiger partial charge in [0.15, 0.2) is 0 Å².